The number of nitrogens with zero attached hydrogens (tertiary/aromatic N) is 3. The molecule has 0 atom stereocenters. The number of alkyl halides is 3. The van der Waals surface area contributed by atoms with Crippen molar-refractivity contribution < 1.29 is 22.4 Å². The number of benzene rings is 1. The summed E-state index contributed by atoms with van der Waals surface area (Å²) in [5.41, 5.74) is 1.29. The number of likely N-dealkylation sites (tertiary alicyclic amines) is 1. The number of aryl methyl sites for hydroxylation is 1. The minimum absolute atomic E-state index is 0.136. The minimum Gasteiger partial charge on any atom is -0.447 e. The predicted molar refractivity (Wildman–Crippen MR) is 120 cm³/mol. The lowest BCUT2D eigenvalue weighted by Gasteiger charge is -2.25. The van der Waals surface area contributed by atoms with Crippen molar-refractivity contribution in [2.75, 3.05) is 13.1 Å². The van der Waals surface area contributed by atoms with Crippen molar-refractivity contribution in [2.24, 2.45) is 0 Å². The van der Waals surface area contributed by atoms with Gasteiger partial charge in [0.2, 0.25) is 5.89 Å². The molecule has 0 saturated carbocycles. The molecule has 3 heterocycles. The second-order valence-electron chi connectivity index (χ2n) is 8.35. The van der Waals surface area contributed by atoms with Crippen molar-refractivity contribution in [3.63, 3.8) is 0 Å². The zero-order valence-corrected chi connectivity index (χ0v) is 19.2. The van der Waals surface area contributed by atoms with Crippen molar-refractivity contribution in [2.45, 2.75) is 52.0 Å². The third-order valence-corrected chi connectivity index (χ3v) is 6.78. The fraction of sp³-hybridized carbons (Fsp3) is 0.417. The average Bonchev–Trinajstić information content (AvgIpc) is 3.42. The Bertz CT molecular complexity index is 1090. The Kier molecular flexibility index (Phi) is 7.19. The van der Waals surface area contributed by atoms with Crippen LogP contribution in [0.25, 0.3) is 0 Å². The molecule has 0 N–H and O–H groups in total. The lowest BCUT2D eigenvalue weighted by Crippen LogP contribution is -2.35. The van der Waals surface area contributed by atoms with E-state index in [1.807, 2.05) is 23.3 Å². The molecule has 0 unspecified atom stereocenters. The summed E-state index contributed by atoms with van der Waals surface area (Å²) in [4.78, 5) is 22.0. The molecule has 0 spiro atoms. The molecule has 1 amide bonds. The smallest absolute Gasteiger partial charge is 0.416 e. The van der Waals surface area contributed by atoms with Gasteiger partial charge in [-0.2, -0.15) is 13.2 Å². The number of rotatable bonds is 7. The summed E-state index contributed by atoms with van der Waals surface area (Å²) in [6, 6.07) is 7.37. The fourth-order valence-electron chi connectivity index (χ4n) is 3.97. The normalized spacial score (nSPS) is 14.8. The molecule has 4 rings (SSSR count). The van der Waals surface area contributed by atoms with Crippen molar-refractivity contribution in [1.82, 2.24) is 14.8 Å². The minimum atomic E-state index is -4.39. The molecular weight excluding hydrogens is 451 g/mol. The molecule has 2 aromatic heterocycles. The highest BCUT2D eigenvalue weighted by Crippen LogP contribution is 2.30. The molecular formula is C24H26F3N3O2S. The second-order valence-corrected chi connectivity index (χ2v) is 9.35. The molecule has 1 aromatic carbocycles. The standard InChI is InChI=1S/C24H26F3N3O2S/c1-17-8-11-33-21(17)14-29(13-18-6-5-7-19(12-18)24(25,26)27)15-22-28-20(16-32-22)23(31)30-9-3-2-4-10-30/h5-8,11-12,16H,2-4,9-10,13-15H2,1H3. The fourth-order valence-corrected chi connectivity index (χ4v) is 4.92. The van der Waals surface area contributed by atoms with E-state index in [1.165, 1.54) is 18.4 Å². The van der Waals surface area contributed by atoms with Gasteiger partial charge in [-0.15, -0.1) is 11.3 Å². The lowest BCUT2D eigenvalue weighted by atomic mass is 10.1. The SMILES string of the molecule is Cc1ccsc1CN(Cc1cccc(C(F)(F)F)c1)Cc1nc(C(=O)N2CCCCC2)co1. The monoisotopic (exact) mass is 477 g/mol. The summed E-state index contributed by atoms with van der Waals surface area (Å²) in [6.45, 7) is 4.56. The number of carbonyl (C=O) groups excluding carboxylic acids is 1. The van der Waals surface area contributed by atoms with E-state index in [-0.39, 0.29) is 18.1 Å². The number of carbonyl (C=O) groups is 1. The Morgan fingerprint density at radius 3 is 2.64 bits per heavy atom. The van der Waals surface area contributed by atoms with Gasteiger partial charge in [-0.25, -0.2) is 4.98 Å². The maximum absolute atomic E-state index is 13.2. The van der Waals surface area contributed by atoms with Crippen LogP contribution < -0.4 is 0 Å². The molecule has 5 nitrogen and oxygen atoms in total. The topological polar surface area (TPSA) is 49.6 Å². The van der Waals surface area contributed by atoms with E-state index in [9.17, 15) is 18.0 Å². The highest BCUT2D eigenvalue weighted by molar-refractivity contribution is 7.10. The Balaban J connectivity index is 1.51. The van der Waals surface area contributed by atoms with Crippen LogP contribution in [0.3, 0.4) is 0 Å². The van der Waals surface area contributed by atoms with Gasteiger partial charge in [0.25, 0.3) is 5.91 Å². The van der Waals surface area contributed by atoms with Crippen molar-refractivity contribution in [3.05, 3.63) is 75.1 Å². The Morgan fingerprint density at radius 2 is 1.94 bits per heavy atom. The van der Waals surface area contributed by atoms with E-state index >= 15 is 0 Å². The van der Waals surface area contributed by atoms with Gasteiger partial charge >= 0.3 is 6.18 Å². The van der Waals surface area contributed by atoms with Gasteiger partial charge in [-0.05, 0) is 54.8 Å². The molecule has 3 aromatic rings. The van der Waals surface area contributed by atoms with Crippen LogP contribution in [0.15, 0.2) is 46.4 Å². The third-order valence-electron chi connectivity index (χ3n) is 5.77. The number of amides is 1. The summed E-state index contributed by atoms with van der Waals surface area (Å²) < 4.78 is 45.1. The van der Waals surface area contributed by atoms with Gasteiger partial charge in [-0.3, -0.25) is 9.69 Å². The van der Waals surface area contributed by atoms with Gasteiger partial charge in [0.15, 0.2) is 5.69 Å². The second kappa shape index (κ2) is 10.1. The summed E-state index contributed by atoms with van der Waals surface area (Å²) in [5, 5.41) is 1.99. The van der Waals surface area contributed by atoms with Crippen LogP contribution in [0.5, 0.6) is 0 Å². The molecule has 1 aliphatic rings. The molecule has 1 aliphatic heterocycles. The molecule has 33 heavy (non-hydrogen) atoms. The zero-order valence-electron chi connectivity index (χ0n) is 18.4. The van der Waals surface area contributed by atoms with Crippen molar-refractivity contribution in [3.8, 4) is 0 Å². The molecule has 1 saturated heterocycles. The number of thiophene rings is 1. The molecule has 9 heteroatoms. The largest absolute Gasteiger partial charge is 0.447 e. The third kappa shape index (κ3) is 6.03. The first-order valence-electron chi connectivity index (χ1n) is 10.9. The van der Waals surface area contributed by atoms with E-state index in [1.54, 1.807) is 22.3 Å². The quantitative estimate of drug-likeness (QED) is 0.426. The molecule has 1 fully saturated rings. The number of halogens is 3. The van der Waals surface area contributed by atoms with Gasteiger partial charge in [0.05, 0.1) is 12.1 Å². The summed E-state index contributed by atoms with van der Waals surface area (Å²) in [5.74, 6) is 0.236. The van der Waals surface area contributed by atoms with Crippen LogP contribution in [-0.2, 0) is 25.8 Å². The average molecular weight is 478 g/mol. The number of piperidine rings is 1. The first-order valence-corrected chi connectivity index (χ1v) is 11.8. The number of hydrogen-bond donors (Lipinski definition) is 0. The van der Waals surface area contributed by atoms with Gasteiger partial charge in [0, 0.05) is 31.1 Å². The molecule has 0 bridgehead atoms. The number of oxazole rings is 1. The van der Waals surface area contributed by atoms with Gasteiger partial charge in [-0.1, -0.05) is 18.2 Å². The zero-order chi connectivity index (χ0) is 23.4. The summed E-state index contributed by atoms with van der Waals surface area (Å²) in [7, 11) is 0. The number of hydrogen-bond acceptors (Lipinski definition) is 5. The Hall–Kier alpha value is -2.65. The highest BCUT2D eigenvalue weighted by atomic mass is 32.1. The van der Waals surface area contributed by atoms with Gasteiger partial charge < -0.3 is 9.32 Å². The Morgan fingerprint density at radius 1 is 1.15 bits per heavy atom. The Labute approximate surface area is 194 Å². The van der Waals surface area contributed by atoms with Crippen LogP contribution in [0.1, 0.15) is 57.2 Å². The first-order chi connectivity index (χ1) is 15.8. The maximum Gasteiger partial charge on any atom is 0.416 e. The van der Waals surface area contributed by atoms with Crippen LogP contribution in [0.2, 0.25) is 0 Å². The van der Waals surface area contributed by atoms with E-state index in [0.29, 0.717) is 24.5 Å². The summed E-state index contributed by atoms with van der Waals surface area (Å²) >= 11 is 1.60. The van der Waals surface area contributed by atoms with Crippen LogP contribution in [0, 0.1) is 6.92 Å². The molecule has 0 aliphatic carbocycles. The van der Waals surface area contributed by atoms with Crippen LogP contribution in [-0.4, -0.2) is 33.8 Å². The van der Waals surface area contributed by atoms with Crippen molar-refractivity contribution in [1.29, 1.82) is 0 Å². The predicted octanol–water partition coefficient (Wildman–Crippen LogP) is 5.89. The maximum atomic E-state index is 13.2. The van der Waals surface area contributed by atoms with E-state index in [4.69, 9.17) is 4.42 Å². The highest BCUT2D eigenvalue weighted by Gasteiger charge is 2.30. The summed E-state index contributed by atoms with van der Waals surface area (Å²) in [6.07, 6.45) is 0.0891. The van der Waals surface area contributed by atoms with E-state index in [0.717, 1.165) is 48.9 Å². The van der Waals surface area contributed by atoms with E-state index in [2.05, 4.69) is 4.98 Å². The first kappa shape index (κ1) is 23.5. The van der Waals surface area contributed by atoms with Crippen LogP contribution in [0.4, 0.5) is 13.2 Å². The van der Waals surface area contributed by atoms with Crippen LogP contribution >= 0.6 is 11.3 Å². The number of aromatic nitrogens is 1. The van der Waals surface area contributed by atoms with Gasteiger partial charge in [0.1, 0.15) is 6.26 Å². The van der Waals surface area contributed by atoms with Crippen molar-refractivity contribution >= 4 is 17.2 Å². The van der Waals surface area contributed by atoms with E-state index < -0.39 is 11.7 Å². The molecule has 0 radical (unpaired) electrons. The lowest BCUT2D eigenvalue weighted by molar-refractivity contribution is -0.137. The molecule has 176 valence electrons.